The normalized spacial score (nSPS) is 14.6. The van der Waals surface area contributed by atoms with Crippen molar-refractivity contribution in [1.29, 1.82) is 0 Å². The zero-order valence-corrected chi connectivity index (χ0v) is 17.7. The van der Waals surface area contributed by atoms with Gasteiger partial charge in [0.15, 0.2) is 5.13 Å². The number of aromatic nitrogens is 1. The topological polar surface area (TPSA) is 74.3 Å². The lowest BCUT2D eigenvalue weighted by atomic mass is 10.1. The lowest BCUT2D eigenvalue weighted by Gasteiger charge is -2.26. The van der Waals surface area contributed by atoms with Gasteiger partial charge in [-0.1, -0.05) is 29.6 Å². The van der Waals surface area contributed by atoms with Crippen molar-refractivity contribution in [2.45, 2.75) is 25.7 Å². The van der Waals surface area contributed by atoms with E-state index in [1.54, 1.807) is 17.5 Å². The van der Waals surface area contributed by atoms with E-state index in [-0.39, 0.29) is 11.8 Å². The van der Waals surface area contributed by atoms with Crippen molar-refractivity contribution in [2.75, 3.05) is 31.5 Å². The van der Waals surface area contributed by atoms with Crippen molar-refractivity contribution in [3.63, 3.8) is 0 Å². The summed E-state index contributed by atoms with van der Waals surface area (Å²) in [4.78, 5) is 31.1. The molecule has 6 nitrogen and oxygen atoms in total. The lowest BCUT2D eigenvalue weighted by Crippen LogP contribution is -2.33. The first-order valence-electron chi connectivity index (χ1n) is 9.25. The second-order valence-electron chi connectivity index (χ2n) is 6.63. The van der Waals surface area contributed by atoms with Crippen LogP contribution in [0.4, 0.5) is 5.13 Å². The van der Waals surface area contributed by atoms with E-state index < -0.39 is 0 Å². The highest BCUT2D eigenvalue weighted by molar-refractivity contribution is 7.14. The van der Waals surface area contributed by atoms with E-state index >= 15 is 0 Å². The summed E-state index contributed by atoms with van der Waals surface area (Å²) in [7, 11) is 0. The molecule has 1 fully saturated rings. The third kappa shape index (κ3) is 5.91. The maximum absolute atomic E-state index is 12.3. The van der Waals surface area contributed by atoms with Crippen LogP contribution in [0, 0.1) is 0 Å². The van der Waals surface area contributed by atoms with Gasteiger partial charge in [0, 0.05) is 17.5 Å². The summed E-state index contributed by atoms with van der Waals surface area (Å²) in [5.74, 6) is -0.591. The number of amides is 2. The first kappa shape index (κ1) is 21.0. The molecule has 0 unspecified atom stereocenters. The number of hydrogen-bond donors (Lipinski definition) is 2. The van der Waals surface area contributed by atoms with Crippen LogP contribution >= 0.6 is 34.5 Å². The fourth-order valence-corrected chi connectivity index (χ4v) is 4.00. The molecule has 9 heteroatoms. The minimum absolute atomic E-state index is 0.232. The van der Waals surface area contributed by atoms with E-state index in [0.717, 1.165) is 26.1 Å². The van der Waals surface area contributed by atoms with Gasteiger partial charge in [0.25, 0.3) is 11.8 Å². The van der Waals surface area contributed by atoms with Gasteiger partial charge >= 0.3 is 0 Å². The molecule has 3 rings (SSSR count). The fourth-order valence-electron chi connectivity index (χ4n) is 3.02. The predicted octanol–water partition coefficient (Wildman–Crippen LogP) is 4.31. The number of thiazole rings is 1. The summed E-state index contributed by atoms with van der Waals surface area (Å²) < 4.78 is 0. The summed E-state index contributed by atoms with van der Waals surface area (Å²) in [6.07, 6.45) is 4.77. The molecule has 2 N–H and O–H groups in total. The van der Waals surface area contributed by atoms with Crippen LogP contribution in [-0.2, 0) is 0 Å². The Hall–Kier alpha value is -1.67. The van der Waals surface area contributed by atoms with E-state index in [1.807, 2.05) is 0 Å². The number of rotatable bonds is 7. The highest BCUT2D eigenvalue weighted by Gasteiger charge is 2.14. The van der Waals surface area contributed by atoms with E-state index in [9.17, 15) is 9.59 Å². The van der Waals surface area contributed by atoms with Crippen molar-refractivity contribution < 1.29 is 9.59 Å². The van der Waals surface area contributed by atoms with Crippen LogP contribution in [0.3, 0.4) is 0 Å². The van der Waals surface area contributed by atoms with Gasteiger partial charge in [-0.15, -0.1) is 11.3 Å². The van der Waals surface area contributed by atoms with Crippen LogP contribution in [0.15, 0.2) is 23.6 Å². The molecular formula is C19H22Cl2N4O2S. The standard InChI is InChI=1S/C19H22Cl2N4O2S/c20-14-6-5-13(11-15(14)21)17(26)24-19-23-16(12-28-19)18(27)22-7-4-10-25-8-2-1-3-9-25/h5-6,11-12H,1-4,7-10H2,(H,22,27)(H,23,24,26). The lowest BCUT2D eigenvalue weighted by molar-refractivity contribution is 0.0945. The zero-order chi connectivity index (χ0) is 19.9. The Morgan fingerprint density at radius 3 is 2.64 bits per heavy atom. The van der Waals surface area contributed by atoms with E-state index in [4.69, 9.17) is 23.2 Å². The van der Waals surface area contributed by atoms with Gasteiger partial charge in [-0.25, -0.2) is 4.98 Å². The molecule has 0 radical (unpaired) electrons. The maximum Gasteiger partial charge on any atom is 0.270 e. The first-order chi connectivity index (χ1) is 13.5. The molecular weight excluding hydrogens is 419 g/mol. The molecule has 0 atom stereocenters. The second-order valence-corrected chi connectivity index (χ2v) is 8.31. The summed E-state index contributed by atoms with van der Waals surface area (Å²) in [6, 6.07) is 4.62. The van der Waals surface area contributed by atoms with Gasteiger partial charge in [-0.05, 0) is 57.1 Å². The molecule has 1 aliphatic heterocycles. The highest BCUT2D eigenvalue weighted by atomic mass is 35.5. The van der Waals surface area contributed by atoms with Gasteiger partial charge in [-0.3, -0.25) is 14.9 Å². The Balaban J connectivity index is 1.45. The molecule has 1 aliphatic rings. The van der Waals surface area contributed by atoms with Crippen LogP contribution in [-0.4, -0.2) is 47.9 Å². The number of benzene rings is 1. The number of nitrogens with zero attached hydrogens (tertiary/aromatic N) is 2. The second kappa shape index (κ2) is 10.2. The number of piperidine rings is 1. The third-order valence-corrected chi connectivity index (χ3v) is 6.02. The van der Waals surface area contributed by atoms with Gasteiger partial charge in [-0.2, -0.15) is 0 Å². The molecule has 150 valence electrons. The van der Waals surface area contributed by atoms with Crippen LogP contribution < -0.4 is 10.6 Å². The van der Waals surface area contributed by atoms with Gasteiger partial charge in [0.1, 0.15) is 5.69 Å². The van der Waals surface area contributed by atoms with E-state index in [0.29, 0.717) is 33.0 Å². The Labute approximate surface area is 178 Å². The average molecular weight is 441 g/mol. The molecule has 2 heterocycles. The number of nitrogens with one attached hydrogen (secondary N) is 2. The van der Waals surface area contributed by atoms with Crippen LogP contribution in [0.5, 0.6) is 0 Å². The van der Waals surface area contributed by atoms with Gasteiger partial charge in [0.2, 0.25) is 0 Å². The largest absolute Gasteiger partial charge is 0.351 e. The number of carbonyl (C=O) groups is 2. The quantitative estimate of drug-likeness (QED) is 0.628. The highest BCUT2D eigenvalue weighted by Crippen LogP contribution is 2.23. The van der Waals surface area contributed by atoms with Crippen LogP contribution in [0.2, 0.25) is 10.0 Å². The molecule has 1 saturated heterocycles. The number of hydrogen-bond acceptors (Lipinski definition) is 5. The summed E-state index contributed by atoms with van der Waals surface area (Å²) in [5, 5.41) is 8.23. The minimum Gasteiger partial charge on any atom is -0.351 e. The molecule has 2 amide bonds. The van der Waals surface area contributed by atoms with Crippen molar-refractivity contribution in [1.82, 2.24) is 15.2 Å². The van der Waals surface area contributed by atoms with Crippen LogP contribution in [0.25, 0.3) is 0 Å². The SMILES string of the molecule is O=C(Nc1nc(C(=O)NCCCN2CCCCC2)cs1)c1ccc(Cl)c(Cl)c1. The van der Waals surface area contributed by atoms with Crippen molar-refractivity contribution in [3.05, 3.63) is 44.9 Å². The Morgan fingerprint density at radius 2 is 1.89 bits per heavy atom. The van der Waals surface area contributed by atoms with Crippen molar-refractivity contribution >= 4 is 51.5 Å². The predicted molar refractivity (Wildman–Crippen MR) is 114 cm³/mol. The fraction of sp³-hybridized carbons (Fsp3) is 0.421. The van der Waals surface area contributed by atoms with Gasteiger partial charge < -0.3 is 10.2 Å². The zero-order valence-electron chi connectivity index (χ0n) is 15.3. The number of anilines is 1. The number of carbonyl (C=O) groups excluding carboxylic acids is 2. The molecule has 1 aromatic carbocycles. The molecule has 0 saturated carbocycles. The smallest absolute Gasteiger partial charge is 0.270 e. The number of halogens is 2. The Bertz CT molecular complexity index is 837. The Kier molecular flexibility index (Phi) is 7.67. The molecule has 1 aromatic heterocycles. The summed E-state index contributed by atoms with van der Waals surface area (Å²) in [5.41, 5.74) is 0.667. The van der Waals surface area contributed by atoms with E-state index in [1.165, 1.54) is 36.7 Å². The number of likely N-dealkylation sites (tertiary alicyclic amines) is 1. The summed E-state index contributed by atoms with van der Waals surface area (Å²) >= 11 is 13.0. The van der Waals surface area contributed by atoms with E-state index in [2.05, 4.69) is 20.5 Å². The van der Waals surface area contributed by atoms with Crippen molar-refractivity contribution in [2.24, 2.45) is 0 Å². The molecule has 0 spiro atoms. The Morgan fingerprint density at radius 1 is 1.11 bits per heavy atom. The summed E-state index contributed by atoms with van der Waals surface area (Å²) in [6.45, 7) is 3.92. The van der Waals surface area contributed by atoms with Gasteiger partial charge in [0.05, 0.1) is 10.0 Å². The molecule has 28 heavy (non-hydrogen) atoms. The third-order valence-electron chi connectivity index (χ3n) is 4.52. The maximum atomic E-state index is 12.3. The monoisotopic (exact) mass is 440 g/mol. The first-order valence-corrected chi connectivity index (χ1v) is 10.9. The minimum atomic E-state index is -0.360. The molecule has 2 aromatic rings. The average Bonchev–Trinajstić information content (AvgIpc) is 3.16. The van der Waals surface area contributed by atoms with Crippen molar-refractivity contribution in [3.8, 4) is 0 Å². The molecule has 0 bridgehead atoms. The molecule has 0 aliphatic carbocycles. The van der Waals surface area contributed by atoms with Crippen LogP contribution in [0.1, 0.15) is 46.5 Å².